The molecule has 0 unspecified atom stereocenters. The Kier molecular flexibility index (Phi) is 2.97. The number of carbonyl (C=O) groups excluding carboxylic acids is 1. The van der Waals surface area contributed by atoms with Crippen LogP contribution in [0.3, 0.4) is 0 Å². The van der Waals surface area contributed by atoms with Crippen molar-refractivity contribution in [1.82, 2.24) is 0 Å². The Hall–Kier alpha value is -2.15. The highest BCUT2D eigenvalue weighted by molar-refractivity contribution is 5.88. The van der Waals surface area contributed by atoms with Crippen molar-refractivity contribution in [2.75, 3.05) is 0 Å². The zero-order valence-electron chi connectivity index (χ0n) is 6.95. The molecule has 1 rings (SSSR count). The van der Waals surface area contributed by atoms with Crippen LogP contribution in [0.25, 0.3) is 0 Å². The van der Waals surface area contributed by atoms with Crippen LogP contribution in [-0.4, -0.2) is 17.4 Å². The molecule has 0 radical (unpaired) electrons. The third-order valence-corrected chi connectivity index (χ3v) is 1.47. The van der Waals surface area contributed by atoms with Gasteiger partial charge in [-0.1, -0.05) is 12.0 Å². The SMILES string of the molecule is O=Cc1c(F)cccc1C#CC(=O)O. The van der Waals surface area contributed by atoms with Gasteiger partial charge in [0.15, 0.2) is 6.29 Å². The van der Waals surface area contributed by atoms with Gasteiger partial charge in [0.2, 0.25) is 0 Å². The van der Waals surface area contributed by atoms with Crippen LogP contribution < -0.4 is 0 Å². The molecule has 0 bridgehead atoms. The van der Waals surface area contributed by atoms with Gasteiger partial charge in [-0.25, -0.2) is 9.18 Å². The molecule has 0 aliphatic rings. The minimum Gasteiger partial charge on any atom is -0.472 e. The maximum Gasteiger partial charge on any atom is 0.382 e. The first-order valence-corrected chi connectivity index (χ1v) is 3.64. The van der Waals surface area contributed by atoms with Crippen molar-refractivity contribution in [1.29, 1.82) is 0 Å². The van der Waals surface area contributed by atoms with Crippen molar-refractivity contribution in [2.24, 2.45) is 0 Å². The van der Waals surface area contributed by atoms with Gasteiger partial charge in [0.25, 0.3) is 0 Å². The van der Waals surface area contributed by atoms with Gasteiger partial charge in [-0.05, 0) is 12.1 Å². The van der Waals surface area contributed by atoms with Crippen LogP contribution in [0, 0.1) is 17.7 Å². The topological polar surface area (TPSA) is 54.4 Å². The summed E-state index contributed by atoms with van der Waals surface area (Å²) in [7, 11) is 0. The van der Waals surface area contributed by atoms with Gasteiger partial charge in [0, 0.05) is 11.5 Å². The Balaban J connectivity index is 3.23. The van der Waals surface area contributed by atoms with Crippen molar-refractivity contribution in [2.45, 2.75) is 0 Å². The summed E-state index contributed by atoms with van der Waals surface area (Å²) in [5.41, 5.74) is -0.149. The predicted molar refractivity (Wildman–Crippen MR) is 46.3 cm³/mol. The third-order valence-electron chi connectivity index (χ3n) is 1.47. The Morgan fingerprint density at radius 1 is 1.50 bits per heavy atom. The second-order valence-electron chi connectivity index (χ2n) is 2.37. The molecule has 0 aromatic heterocycles. The minimum absolute atomic E-state index is 0.0717. The van der Waals surface area contributed by atoms with Crippen molar-refractivity contribution in [3.63, 3.8) is 0 Å². The van der Waals surface area contributed by atoms with E-state index in [-0.39, 0.29) is 11.1 Å². The van der Waals surface area contributed by atoms with Crippen LogP contribution in [0.5, 0.6) is 0 Å². The van der Waals surface area contributed by atoms with Crippen molar-refractivity contribution in [3.05, 3.63) is 35.1 Å². The summed E-state index contributed by atoms with van der Waals surface area (Å²) in [5.74, 6) is 1.95. The number of hydrogen-bond donors (Lipinski definition) is 1. The Bertz CT molecular complexity index is 440. The van der Waals surface area contributed by atoms with Crippen LogP contribution in [0.4, 0.5) is 4.39 Å². The zero-order valence-corrected chi connectivity index (χ0v) is 6.95. The van der Waals surface area contributed by atoms with E-state index in [4.69, 9.17) is 5.11 Å². The van der Waals surface area contributed by atoms with E-state index in [0.29, 0.717) is 6.29 Å². The molecule has 0 saturated carbocycles. The van der Waals surface area contributed by atoms with Crippen molar-refractivity contribution >= 4 is 12.3 Å². The van der Waals surface area contributed by atoms with Gasteiger partial charge in [0.05, 0.1) is 5.56 Å². The largest absolute Gasteiger partial charge is 0.472 e. The molecule has 1 aromatic rings. The number of carboxylic acids is 1. The summed E-state index contributed by atoms with van der Waals surface area (Å²) in [6.07, 6.45) is 0.307. The third kappa shape index (κ3) is 2.17. The fourth-order valence-electron chi connectivity index (χ4n) is 0.887. The van der Waals surface area contributed by atoms with E-state index < -0.39 is 11.8 Å². The van der Waals surface area contributed by atoms with Crippen LogP contribution in [-0.2, 0) is 4.79 Å². The molecular weight excluding hydrogens is 187 g/mol. The molecule has 0 fully saturated rings. The fourth-order valence-corrected chi connectivity index (χ4v) is 0.887. The highest BCUT2D eigenvalue weighted by Crippen LogP contribution is 2.09. The smallest absolute Gasteiger partial charge is 0.382 e. The zero-order chi connectivity index (χ0) is 10.6. The van der Waals surface area contributed by atoms with E-state index in [2.05, 4.69) is 5.92 Å². The highest BCUT2D eigenvalue weighted by Gasteiger charge is 2.04. The monoisotopic (exact) mass is 192 g/mol. The fraction of sp³-hybridized carbons (Fsp3) is 0. The van der Waals surface area contributed by atoms with Crippen molar-refractivity contribution < 1.29 is 19.1 Å². The van der Waals surface area contributed by atoms with E-state index in [0.717, 1.165) is 6.07 Å². The van der Waals surface area contributed by atoms with E-state index in [9.17, 15) is 14.0 Å². The Morgan fingerprint density at radius 3 is 2.79 bits per heavy atom. The lowest BCUT2D eigenvalue weighted by molar-refractivity contribution is -0.130. The molecule has 0 aliphatic carbocycles. The van der Waals surface area contributed by atoms with E-state index in [1.807, 2.05) is 0 Å². The number of aldehydes is 1. The lowest BCUT2D eigenvalue weighted by atomic mass is 10.1. The van der Waals surface area contributed by atoms with Crippen molar-refractivity contribution in [3.8, 4) is 11.8 Å². The van der Waals surface area contributed by atoms with E-state index in [1.165, 1.54) is 12.1 Å². The van der Waals surface area contributed by atoms with Gasteiger partial charge < -0.3 is 5.11 Å². The molecule has 0 atom stereocenters. The second kappa shape index (κ2) is 4.19. The van der Waals surface area contributed by atoms with Crippen LogP contribution in [0.1, 0.15) is 15.9 Å². The second-order valence-corrected chi connectivity index (χ2v) is 2.37. The first-order valence-electron chi connectivity index (χ1n) is 3.64. The number of carboxylic acid groups (broad SMARTS) is 1. The maximum absolute atomic E-state index is 12.9. The average molecular weight is 192 g/mol. The van der Waals surface area contributed by atoms with E-state index in [1.54, 1.807) is 5.92 Å². The molecule has 0 saturated heterocycles. The molecule has 14 heavy (non-hydrogen) atoms. The summed E-state index contributed by atoms with van der Waals surface area (Å²) >= 11 is 0. The minimum atomic E-state index is -1.33. The molecule has 1 N–H and O–H groups in total. The highest BCUT2D eigenvalue weighted by atomic mass is 19.1. The summed E-state index contributed by atoms with van der Waals surface area (Å²) in [6.45, 7) is 0. The van der Waals surface area contributed by atoms with Gasteiger partial charge in [-0.2, -0.15) is 0 Å². The summed E-state index contributed by atoms with van der Waals surface area (Å²) in [4.78, 5) is 20.5. The molecule has 0 amide bonds. The number of rotatable bonds is 1. The molecule has 70 valence electrons. The lowest BCUT2D eigenvalue weighted by Crippen LogP contribution is -1.93. The number of aliphatic carboxylic acids is 1. The standard InChI is InChI=1S/C10H5FO3/c11-9-3-1-2-7(8(9)6-12)4-5-10(13)14/h1-3,6H,(H,13,14). The van der Waals surface area contributed by atoms with Gasteiger partial charge in [-0.15, -0.1) is 0 Å². The summed E-state index contributed by atoms with van der Waals surface area (Å²) in [6, 6.07) is 3.84. The molecule has 1 aromatic carbocycles. The maximum atomic E-state index is 12.9. The molecular formula is C10H5FO3. The summed E-state index contributed by atoms with van der Waals surface area (Å²) < 4.78 is 12.9. The molecule has 4 heteroatoms. The predicted octanol–water partition coefficient (Wildman–Crippen LogP) is 1.07. The molecule has 0 spiro atoms. The van der Waals surface area contributed by atoms with Gasteiger partial charge in [0.1, 0.15) is 5.82 Å². The lowest BCUT2D eigenvalue weighted by Gasteiger charge is -1.96. The Labute approximate surface area is 79.2 Å². The number of benzene rings is 1. The first-order chi connectivity index (χ1) is 6.65. The van der Waals surface area contributed by atoms with Gasteiger partial charge in [-0.3, -0.25) is 4.79 Å². The van der Waals surface area contributed by atoms with E-state index >= 15 is 0 Å². The Morgan fingerprint density at radius 2 is 2.21 bits per heavy atom. The van der Waals surface area contributed by atoms with Crippen LogP contribution in [0.15, 0.2) is 18.2 Å². The van der Waals surface area contributed by atoms with Crippen LogP contribution in [0.2, 0.25) is 0 Å². The first kappa shape index (κ1) is 9.93. The molecule has 0 heterocycles. The number of hydrogen-bond acceptors (Lipinski definition) is 2. The average Bonchev–Trinajstić information content (AvgIpc) is 2.14. The normalized spacial score (nSPS) is 8.64. The molecule has 0 aliphatic heterocycles. The molecule has 3 nitrogen and oxygen atoms in total. The quantitative estimate of drug-likeness (QED) is 0.535. The number of halogens is 1. The summed E-state index contributed by atoms with van der Waals surface area (Å²) in [5, 5.41) is 8.25. The van der Waals surface area contributed by atoms with Crippen LogP contribution >= 0.6 is 0 Å². The van der Waals surface area contributed by atoms with Gasteiger partial charge >= 0.3 is 5.97 Å². The number of carbonyl (C=O) groups is 2.